The molecule has 34 heavy (non-hydrogen) atoms. The number of rotatable bonds is 4. The van der Waals surface area contributed by atoms with E-state index in [-0.39, 0.29) is 41.6 Å². The molecule has 2 aromatic rings. The van der Waals surface area contributed by atoms with Crippen molar-refractivity contribution in [2.24, 2.45) is 0 Å². The van der Waals surface area contributed by atoms with E-state index in [1.54, 1.807) is 16.3 Å². The Balaban J connectivity index is 1.94. The third-order valence-electron chi connectivity index (χ3n) is 5.21. The molecule has 1 saturated heterocycles. The molecule has 1 aromatic carbocycles. The van der Waals surface area contributed by atoms with Crippen LogP contribution in [0.2, 0.25) is 0 Å². The van der Waals surface area contributed by atoms with Crippen molar-refractivity contribution in [1.82, 2.24) is 4.31 Å². The summed E-state index contributed by atoms with van der Waals surface area (Å²) >= 11 is 1.05. The van der Waals surface area contributed by atoms with Gasteiger partial charge in [-0.3, -0.25) is 0 Å². The number of piperazine rings is 1. The van der Waals surface area contributed by atoms with E-state index < -0.39 is 40.1 Å². The zero-order chi connectivity index (χ0) is 25.4. The molecule has 0 radical (unpaired) electrons. The van der Waals surface area contributed by atoms with Gasteiger partial charge in [-0.05, 0) is 23.6 Å². The Hall–Kier alpha value is -2.31. The molecule has 3 rings (SSSR count). The van der Waals surface area contributed by atoms with E-state index >= 15 is 0 Å². The quantitative estimate of drug-likeness (QED) is 0.472. The van der Waals surface area contributed by atoms with Crippen LogP contribution in [0.1, 0.15) is 11.1 Å². The fourth-order valence-electron chi connectivity index (χ4n) is 3.47. The van der Waals surface area contributed by atoms with Crippen LogP contribution in [0.15, 0.2) is 39.9 Å². The monoisotopic (exact) mass is 528 g/mol. The number of aliphatic hydroxyl groups is 2. The fourth-order valence-corrected chi connectivity index (χ4v) is 6.03. The van der Waals surface area contributed by atoms with Crippen molar-refractivity contribution in [2.45, 2.75) is 22.2 Å². The van der Waals surface area contributed by atoms with Crippen molar-refractivity contribution in [3.63, 3.8) is 0 Å². The predicted molar refractivity (Wildman–Crippen MR) is 112 cm³/mol. The number of thiophene rings is 1. The average molecular weight is 528 g/mol. The molecule has 14 heteroatoms. The molecule has 6 nitrogen and oxygen atoms in total. The molecule has 0 atom stereocenters. The molecule has 0 saturated carbocycles. The second-order valence-corrected chi connectivity index (χ2v) is 10.3. The molecular weight excluding hydrogens is 510 g/mol. The first kappa shape index (κ1) is 26.3. The molecule has 0 bridgehead atoms. The average Bonchev–Trinajstić information content (AvgIpc) is 3.31. The molecule has 1 fully saturated rings. The highest BCUT2D eigenvalue weighted by Crippen LogP contribution is 2.50. The number of benzene rings is 1. The Morgan fingerprint density at radius 2 is 1.62 bits per heavy atom. The van der Waals surface area contributed by atoms with Gasteiger partial charge < -0.3 is 15.1 Å². The van der Waals surface area contributed by atoms with Crippen molar-refractivity contribution >= 4 is 27.0 Å². The molecule has 186 valence electrons. The summed E-state index contributed by atoms with van der Waals surface area (Å²) in [5.41, 5.74) is -6.74. The maximum absolute atomic E-state index is 13.3. The molecule has 0 spiro atoms. The summed E-state index contributed by atoms with van der Waals surface area (Å²) < 4.78 is 106. The molecule has 1 aliphatic rings. The molecular formula is C20H18F6N2O4S2. The third kappa shape index (κ3) is 4.76. The van der Waals surface area contributed by atoms with Gasteiger partial charge in [0.1, 0.15) is 10.8 Å². The fraction of sp³-hybridized carbons (Fsp3) is 0.400. The first-order valence-corrected chi connectivity index (χ1v) is 11.9. The van der Waals surface area contributed by atoms with Crippen LogP contribution < -0.4 is 4.90 Å². The highest BCUT2D eigenvalue weighted by Gasteiger charge is 2.71. The van der Waals surface area contributed by atoms with Crippen LogP contribution in [-0.4, -0.2) is 68.1 Å². The van der Waals surface area contributed by atoms with E-state index in [1.165, 1.54) is 10.4 Å². The van der Waals surface area contributed by atoms with Gasteiger partial charge in [0.2, 0.25) is 0 Å². The van der Waals surface area contributed by atoms with E-state index in [0.29, 0.717) is 12.1 Å². The normalized spacial score (nSPS) is 16.3. The van der Waals surface area contributed by atoms with E-state index in [9.17, 15) is 39.9 Å². The number of hydrogen-bond donors (Lipinski definition) is 2. The lowest BCUT2D eigenvalue weighted by Gasteiger charge is -2.36. The van der Waals surface area contributed by atoms with Crippen LogP contribution in [0, 0.1) is 11.8 Å². The minimum atomic E-state index is -6.06. The summed E-state index contributed by atoms with van der Waals surface area (Å²) in [6.45, 7) is -0.506. The molecule has 0 aliphatic carbocycles. The molecule has 2 N–H and O–H groups in total. The Morgan fingerprint density at radius 3 is 2.12 bits per heavy atom. The van der Waals surface area contributed by atoms with Gasteiger partial charge in [-0.2, -0.15) is 30.6 Å². The molecule has 0 amide bonds. The summed E-state index contributed by atoms with van der Waals surface area (Å²) in [6.07, 6.45) is -12.1. The van der Waals surface area contributed by atoms with Gasteiger partial charge in [0.15, 0.2) is 0 Å². The highest BCUT2D eigenvalue weighted by atomic mass is 32.2. The van der Waals surface area contributed by atoms with E-state index in [4.69, 9.17) is 5.11 Å². The maximum Gasteiger partial charge on any atom is 0.430 e. The minimum Gasteiger partial charge on any atom is -0.384 e. The number of halogens is 6. The van der Waals surface area contributed by atoms with E-state index in [0.717, 1.165) is 17.4 Å². The van der Waals surface area contributed by atoms with Gasteiger partial charge >= 0.3 is 12.4 Å². The Kier molecular flexibility index (Phi) is 7.26. The van der Waals surface area contributed by atoms with Gasteiger partial charge in [0.25, 0.3) is 15.6 Å². The first-order valence-electron chi connectivity index (χ1n) is 9.62. The zero-order valence-electron chi connectivity index (χ0n) is 17.2. The van der Waals surface area contributed by atoms with Crippen molar-refractivity contribution in [3.05, 3.63) is 46.8 Å². The molecule has 2 heterocycles. The number of sulfonamides is 1. The summed E-state index contributed by atoms with van der Waals surface area (Å²) in [5.74, 6) is 4.50. The van der Waals surface area contributed by atoms with Gasteiger partial charge in [0.05, 0.1) is 5.69 Å². The summed E-state index contributed by atoms with van der Waals surface area (Å²) in [6, 6.07) is 4.99. The highest BCUT2D eigenvalue weighted by molar-refractivity contribution is 7.91. The molecule has 0 unspecified atom stereocenters. The van der Waals surface area contributed by atoms with Crippen LogP contribution in [0.3, 0.4) is 0 Å². The second kappa shape index (κ2) is 9.38. The third-order valence-corrected chi connectivity index (χ3v) is 8.48. The Morgan fingerprint density at radius 1 is 1.00 bits per heavy atom. The minimum absolute atomic E-state index is 0.0178. The molecule has 1 aromatic heterocycles. The maximum atomic E-state index is 13.3. The van der Waals surface area contributed by atoms with Gasteiger partial charge in [-0.1, -0.05) is 24.0 Å². The lowest BCUT2D eigenvalue weighted by molar-refractivity contribution is -0.376. The largest absolute Gasteiger partial charge is 0.430 e. The van der Waals surface area contributed by atoms with Gasteiger partial charge in [0, 0.05) is 37.3 Å². The van der Waals surface area contributed by atoms with Crippen molar-refractivity contribution < 1.29 is 45.0 Å². The smallest absolute Gasteiger partial charge is 0.384 e. The van der Waals surface area contributed by atoms with E-state index in [2.05, 4.69) is 11.8 Å². The van der Waals surface area contributed by atoms with Gasteiger partial charge in [-0.15, -0.1) is 11.3 Å². The number of aliphatic hydroxyl groups excluding tert-OH is 1. The number of nitrogens with zero attached hydrogens (tertiary/aromatic N) is 2. The lowest BCUT2D eigenvalue weighted by Crippen LogP contribution is -2.54. The van der Waals surface area contributed by atoms with Crippen LogP contribution in [0.5, 0.6) is 0 Å². The SMILES string of the molecule is O=S(=O)(c1cccs1)N1CCN(c2ccc(C(O)(C(F)(F)F)C(F)(F)F)cc2C#CCO)CC1. The number of alkyl halides is 6. The number of anilines is 1. The van der Waals surface area contributed by atoms with Crippen molar-refractivity contribution in [1.29, 1.82) is 0 Å². The number of hydrogen-bond acceptors (Lipinski definition) is 6. The molecule has 1 aliphatic heterocycles. The van der Waals surface area contributed by atoms with Crippen LogP contribution in [-0.2, 0) is 15.6 Å². The summed E-state index contributed by atoms with van der Waals surface area (Å²) in [4.78, 5) is 1.56. The lowest BCUT2D eigenvalue weighted by atomic mass is 9.90. The summed E-state index contributed by atoms with van der Waals surface area (Å²) in [5, 5.41) is 20.3. The van der Waals surface area contributed by atoms with Crippen LogP contribution in [0.25, 0.3) is 0 Å². The topological polar surface area (TPSA) is 81.1 Å². The van der Waals surface area contributed by atoms with Crippen molar-refractivity contribution in [3.8, 4) is 11.8 Å². The second-order valence-electron chi connectivity index (χ2n) is 7.22. The van der Waals surface area contributed by atoms with Crippen LogP contribution in [0.4, 0.5) is 32.0 Å². The summed E-state index contributed by atoms with van der Waals surface area (Å²) in [7, 11) is -3.73. The zero-order valence-corrected chi connectivity index (χ0v) is 18.8. The van der Waals surface area contributed by atoms with E-state index in [1.807, 2.05) is 0 Å². The van der Waals surface area contributed by atoms with Crippen LogP contribution >= 0.6 is 11.3 Å². The predicted octanol–water partition coefficient (Wildman–Crippen LogP) is 2.92. The van der Waals surface area contributed by atoms with Gasteiger partial charge in [-0.25, -0.2) is 8.42 Å². The first-order chi connectivity index (χ1) is 15.7. The Labute approximate surface area is 195 Å². The van der Waals surface area contributed by atoms with Crippen molar-refractivity contribution in [2.75, 3.05) is 37.7 Å². The Bertz CT molecular complexity index is 1160. The standard InChI is InChI=1S/C20H18F6N2O4S2/c21-19(22,23)18(30,20(24,25)26)15-5-6-16(14(13-15)3-1-11-29)27-7-9-28(10-8-27)34(31,32)17-4-2-12-33-17/h2,4-6,12-13,29-30H,7-11H2.